The maximum Gasteiger partial charge on any atom is 0.272 e. The van der Waals surface area contributed by atoms with E-state index < -0.39 is 0 Å². The molecule has 0 spiro atoms. The van der Waals surface area contributed by atoms with E-state index in [1.54, 1.807) is 18.4 Å². The van der Waals surface area contributed by atoms with Gasteiger partial charge in [0.05, 0.1) is 23.3 Å². The average molecular weight is 363 g/mol. The lowest BCUT2D eigenvalue weighted by atomic mass is 10.0. The van der Waals surface area contributed by atoms with E-state index in [-0.39, 0.29) is 17.9 Å². The van der Waals surface area contributed by atoms with Crippen LogP contribution in [0.2, 0.25) is 0 Å². The van der Waals surface area contributed by atoms with Crippen LogP contribution in [0.5, 0.6) is 0 Å². The van der Waals surface area contributed by atoms with Gasteiger partial charge in [0.25, 0.3) is 5.91 Å². The molecule has 0 saturated carbocycles. The van der Waals surface area contributed by atoms with Crippen molar-refractivity contribution in [3.05, 3.63) is 60.2 Å². The van der Waals surface area contributed by atoms with Gasteiger partial charge in [0.15, 0.2) is 11.5 Å². The third-order valence-electron chi connectivity index (χ3n) is 4.65. The molecule has 1 atom stereocenters. The smallest absolute Gasteiger partial charge is 0.272 e. The van der Waals surface area contributed by atoms with Crippen molar-refractivity contribution in [2.24, 2.45) is 13.0 Å². The Bertz CT molecular complexity index is 1080. The number of amides is 1. The molecule has 0 aliphatic rings. The summed E-state index contributed by atoms with van der Waals surface area (Å²) in [5, 5.41) is 10.0. The van der Waals surface area contributed by atoms with Crippen LogP contribution >= 0.6 is 0 Å². The molecule has 0 radical (unpaired) electrons. The second-order valence-electron chi connectivity index (χ2n) is 6.86. The van der Waals surface area contributed by atoms with Crippen LogP contribution in [0.25, 0.3) is 22.5 Å². The van der Waals surface area contributed by atoms with E-state index in [4.69, 9.17) is 9.40 Å². The van der Waals surface area contributed by atoms with Crippen LogP contribution in [0, 0.1) is 5.92 Å². The van der Waals surface area contributed by atoms with Crippen molar-refractivity contribution in [2.45, 2.75) is 19.9 Å². The molecule has 0 aliphatic heterocycles. The predicted molar refractivity (Wildman–Crippen MR) is 102 cm³/mol. The summed E-state index contributed by atoms with van der Waals surface area (Å²) in [6.07, 6.45) is 1.58. The molecule has 1 amide bonds. The summed E-state index contributed by atoms with van der Waals surface area (Å²) in [5.74, 6) is 1.36. The van der Waals surface area contributed by atoms with Gasteiger partial charge in [0.1, 0.15) is 11.5 Å². The van der Waals surface area contributed by atoms with Crippen LogP contribution in [-0.2, 0) is 7.05 Å². The highest BCUT2D eigenvalue weighted by molar-refractivity contribution is 5.93. The number of hydrogen-bond acceptors (Lipinski definition) is 4. The minimum Gasteiger partial charge on any atom is -0.463 e. The van der Waals surface area contributed by atoms with Gasteiger partial charge in [-0.15, -0.1) is 0 Å². The number of aromatic nitrogens is 4. The van der Waals surface area contributed by atoms with Crippen LogP contribution < -0.4 is 5.32 Å². The number of benzene rings is 1. The normalized spacial score (nSPS) is 12.6. The van der Waals surface area contributed by atoms with Crippen LogP contribution in [0.4, 0.5) is 0 Å². The fraction of sp³-hybridized carbons (Fsp3) is 0.250. The summed E-state index contributed by atoms with van der Waals surface area (Å²) < 4.78 is 7.36. The maximum atomic E-state index is 12.8. The molecule has 4 aromatic rings. The minimum absolute atomic E-state index is 0.160. The zero-order valence-corrected chi connectivity index (χ0v) is 15.4. The molecule has 0 aliphatic carbocycles. The number of fused-ring (bicyclic) bond motifs is 1. The van der Waals surface area contributed by atoms with Crippen molar-refractivity contribution in [1.29, 1.82) is 0 Å². The molecule has 138 valence electrons. The molecule has 0 saturated heterocycles. The number of nitrogens with one attached hydrogen (secondary N) is 2. The molecular formula is C20H21N5O2. The summed E-state index contributed by atoms with van der Waals surface area (Å²) in [5.41, 5.74) is 2.92. The van der Waals surface area contributed by atoms with Gasteiger partial charge in [-0.3, -0.25) is 9.89 Å². The van der Waals surface area contributed by atoms with E-state index in [9.17, 15) is 4.79 Å². The number of rotatable bonds is 5. The first-order valence-electron chi connectivity index (χ1n) is 8.86. The highest BCUT2D eigenvalue weighted by atomic mass is 16.3. The van der Waals surface area contributed by atoms with Crippen molar-refractivity contribution in [1.82, 2.24) is 25.1 Å². The zero-order chi connectivity index (χ0) is 19.0. The monoisotopic (exact) mass is 363 g/mol. The Hall–Kier alpha value is -3.35. The average Bonchev–Trinajstić information content (AvgIpc) is 3.39. The van der Waals surface area contributed by atoms with Crippen LogP contribution in [0.1, 0.15) is 36.2 Å². The number of aryl methyl sites for hydroxylation is 1. The largest absolute Gasteiger partial charge is 0.463 e. The summed E-state index contributed by atoms with van der Waals surface area (Å²) in [7, 11) is 1.97. The van der Waals surface area contributed by atoms with E-state index in [0.29, 0.717) is 17.1 Å². The Balaban J connectivity index is 1.61. The molecule has 27 heavy (non-hydrogen) atoms. The fourth-order valence-corrected chi connectivity index (χ4v) is 3.18. The maximum absolute atomic E-state index is 12.8. The van der Waals surface area contributed by atoms with Crippen LogP contribution in [0.3, 0.4) is 0 Å². The van der Waals surface area contributed by atoms with Crippen LogP contribution in [0.15, 0.2) is 53.1 Å². The number of nitrogens with zero attached hydrogens (tertiary/aromatic N) is 3. The van der Waals surface area contributed by atoms with E-state index in [1.807, 2.05) is 41.9 Å². The third kappa shape index (κ3) is 3.12. The zero-order valence-electron chi connectivity index (χ0n) is 15.4. The second-order valence-corrected chi connectivity index (χ2v) is 6.86. The number of carbonyl (C=O) groups excluding carboxylic acids is 1. The molecule has 3 aromatic heterocycles. The van der Waals surface area contributed by atoms with E-state index in [2.05, 4.69) is 29.4 Å². The molecule has 3 heterocycles. The van der Waals surface area contributed by atoms with Gasteiger partial charge >= 0.3 is 0 Å². The van der Waals surface area contributed by atoms with Gasteiger partial charge in [0, 0.05) is 13.1 Å². The van der Waals surface area contributed by atoms with E-state index in [1.165, 1.54) is 0 Å². The minimum atomic E-state index is -0.255. The topological polar surface area (TPSA) is 88.7 Å². The standard InChI is InChI=1S/C20H21N5O2/c1-12(2)18(19-21-13-7-4-5-8-16(13)25(19)3)22-20(26)15-11-14(23-24-15)17-9-6-10-27-17/h4-12,18H,1-3H3,(H,22,26)(H,23,24). The van der Waals surface area contributed by atoms with Gasteiger partial charge in [-0.25, -0.2) is 4.98 Å². The number of furan rings is 1. The first-order chi connectivity index (χ1) is 13.0. The summed E-state index contributed by atoms with van der Waals surface area (Å²) in [6.45, 7) is 4.12. The highest BCUT2D eigenvalue weighted by Crippen LogP contribution is 2.25. The van der Waals surface area contributed by atoms with E-state index >= 15 is 0 Å². The Labute approximate surface area is 156 Å². The predicted octanol–water partition coefficient (Wildman–Crippen LogP) is 3.68. The van der Waals surface area contributed by atoms with Gasteiger partial charge in [-0.2, -0.15) is 5.10 Å². The van der Waals surface area contributed by atoms with Gasteiger partial charge < -0.3 is 14.3 Å². The molecule has 4 rings (SSSR count). The molecule has 0 fully saturated rings. The number of imidazole rings is 1. The van der Waals surface area contributed by atoms with Crippen LogP contribution in [-0.4, -0.2) is 25.7 Å². The highest BCUT2D eigenvalue weighted by Gasteiger charge is 2.25. The molecular weight excluding hydrogens is 342 g/mol. The molecule has 1 aromatic carbocycles. The number of aromatic amines is 1. The lowest BCUT2D eigenvalue weighted by Gasteiger charge is -2.21. The van der Waals surface area contributed by atoms with E-state index in [0.717, 1.165) is 16.9 Å². The van der Waals surface area contributed by atoms with Crippen molar-refractivity contribution in [3.63, 3.8) is 0 Å². The molecule has 2 N–H and O–H groups in total. The Morgan fingerprint density at radius 1 is 1.22 bits per heavy atom. The number of hydrogen-bond donors (Lipinski definition) is 2. The molecule has 1 unspecified atom stereocenters. The Morgan fingerprint density at radius 2 is 2.04 bits per heavy atom. The van der Waals surface area contributed by atoms with Crippen molar-refractivity contribution < 1.29 is 9.21 Å². The SMILES string of the molecule is CC(C)C(NC(=O)c1cc(-c2ccco2)[nH]n1)c1nc2ccccc2n1C. The Kier molecular flexibility index (Phi) is 4.27. The fourth-order valence-electron chi connectivity index (χ4n) is 3.18. The lowest BCUT2D eigenvalue weighted by molar-refractivity contribution is 0.0917. The van der Waals surface area contributed by atoms with Gasteiger partial charge in [-0.1, -0.05) is 26.0 Å². The Morgan fingerprint density at radius 3 is 2.74 bits per heavy atom. The third-order valence-corrected chi connectivity index (χ3v) is 4.65. The van der Waals surface area contributed by atoms with Gasteiger partial charge in [-0.05, 0) is 30.2 Å². The van der Waals surface area contributed by atoms with Gasteiger partial charge in [0.2, 0.25) is 0 Å². The molecule has 0 bridgehead atoms. The van der Waals surface area contributed by atoms with Crippen molar-refractivity contribution in [2.75, 3.05) is 0 Å². The summed E-state index contributed by atoms with van der Waals surface area (Å²) in [6, 6.07) is 13.0. The number of carbonyl (C=O) groups is 1. The summed E-state index contributed by atoms with van der Waals surface area (Å²) >= 11 is 0. The second kappa shape index (κ2) is 6.75. The first kappa shape index (κ1) is 17.1. The molecule has 7 nitrogen and oxygen atoms in total. The lowest BCUT2D eigenvalue weighted by Crippen LogP contribution is -2.33. The molecule has 7 heteroatoms. The van der Waals surface area contributed by atoms with Crippen molar-refractivity contribution >= 4 is 16.9 Å². The first-order valence-corrected chi connectivity index (χ1v) is 8.86. The number of H-pyrrole nitrogens is 1. The number of para-hydroxylation sites is 2. The van der Waals surface area contributed by atoms with Crippen molar-refractivity contribution in [3.8, 4) is 11.5 Å². The summed E-state index contributed by atoms with van der Waals surface area (Å²) in [4.78, 5) is 17.5. The quantitative estimate of drug-likeness (QED) is 0.566.